The summed E-state index contributed by atoms with van der Waals surface area (Å²) in [5.74, 6) is 0.784. The van der Waals surface area contributed by atoms with Crippen LogP contribution in [-0.2, 0) is 0 Å². The highest BCUT2D eigenvalue weighted by atomic mass is 16.5. The minimum atomic E-state index is -0.0218. The van der Waals surface area contributed by atoms with E-state index < -0.39 is 0 Å². The summed E-state index contributed by atoms with van der Waals surface area (Å²) in [6.07, 6.45) is 8.47. The molecule has 0 amide bonds. The van der Waals surface area contributed by atoms with Gasteiger partial charge in [-0.2, -0.15) is 0 Å². The molecule has 1 aromatic heterocycles. The molecule has 0 fully saturated rings. The lowest BCUT2D eigenvalue weighted by molar-refractivity contribution is 0.0965. The SMILES string of the molecule is CCC/C=C(\CCC)c1cn(C(=O)c2ccccc2)c2cccc(OC)c12. The number of fused-ring (bicyclic) bond motifs is 1. The van der Waals surface area contributed by atoms with Crippen LogP contribution in [-0.4, -0.2) is 17.6 Å². The topological polar surface area (TPSA) is 31.2 Å². The quantitative estimate of drug-likeness (QED) is 0.493. The fraction of sp³-hybridized carbons (Fsp3) is 0.292. The summed E-state index contributed by atoms with van der Waals surface area (Å²) in [5.41, 5.74) is 3.95. The Bertz CT molecular complexity index is 951. The summed E-state index contributed by atoms with van der Waals surface area (Å²) >= 11 is 0. The molecule has 0 unspecified atom stereocenters. The summed E-state index contributed by atoms with van der Waals surface area (Å²) in [7, 11) is 1.68. The lowest BCUT2D eigenvalue weighted by Crippen LogP contribution is -2.10. The van der Waals surface area contributed by atoms with Gasteiger partial charge in [-0.05, 0) is 42.7 Å². The Morgan fingerprint density at radius 3 is 2.48 bits per heavy atom. The van der Waals surface area contributed by atoms with Gasteiger partial charge in [0.25, 0.3) is 5.91 Å². The Labute approximate surface area is 161 Å². The van der Waals surface area contributed by atoms with Crippen LogP contribution in [0.1, 0.15) is 55.5 Å². The molecule has 0 N–H and O–H groups in total. The average Bonchev–Trinajstić information content (AvgIpc) is 3.11. The number of carbonyl (C=O) groups excluding carboxylic acids is 1. The number of allylic oxidation sites excluding steroid dienone is 2. The zero-order valence-electron chi connectivity index (χ0n) is 16.4. The molecule has 140 valence electrons. The monoisotopic (exact) mass is 361 g/mol. The van der Waals surface area contributed by atoms with Gasteiger partial charge in [0.1, 0.15) is 5.75 Å². The molecule has 0 saturated carbocycles. The summed E-state index contributed by atoms with van der Waals surface area (Å²) in [5, 5.41) is 1.01. The van der Waals surface area contributed by atoms with Crippen LogP contribution in [0.5, 0.6) is 5.75 Å². The molecule has 0 bridgehead atoms. The Morgan fingerprint density at radius 1 is 1.04 bits per heavy atom. The first kappa shape index (κ1) is 19.0. The van der Waals surface area contributed by atoms with Gasteiger partial charge in [0, 0.05) is 22.7 Å². The van der Waals surface area contributed by atoms with Crippen LogP contribution in [0.2, 0.25) is 0 Å². The van der Waals surface area contributed by atoms with Crippen LogP contribution >= 0.6 is 0 Å². The molecular weight excluding hydrogens is 334 g/mol. The first-order valence-corrected chi connectivity index (χ1v) is 9.68. The van der Waals surface area contributed by atoms with Gasteiger partial charge in [0.05, 0.1) is 12.6 Å². The number of unbranched alkanes of at least 4 members (excludes halogenated alkanes) is 1. The Hall–Kier alpha value is -2.81. The first-order valence-electron chi connectivity index (χ1n) is 9.68. The molecule has 0 aliphatic heterocycles. The number of carbonyl (C=O) groups is 1. The second-order valence-electron chi connectivity index (χ2n) is 6.71. The second kappa shape index (κ2) is 8.72. The molecular formula is C24H27NO2. The third-order valence-corrected chi connectivity index (χ3v) is 4.80. The molecule has 27 heavy (non-hydrogen) atoms. The van der Waals surface area contributed by atoms with Crippen molar-refractivity contribution in [2.45, 2.75) is 39.5 Å². The third-order valence-electron chi connectivity index (χ3n) is 4.80. The van der Waals surface area contributed by atoms with Crippen molar-refractivity contribution in [2.75, 3.05) is 7.11 Å². The van der Waals surface area contributed by atoms with Gasteiger partial charge >= 0.3 is 0 Å². The molecule has 0 atom stereocenters. The highest BCUT2D eigenvalue weighted by Crippen LogP contribution is 2.36. The number of methoxy groups -OCH3 is 1. The van der Waals surface area contributed by atoms with Crippen LogP contribution in [0.15, 0.2) is 60.8 Å². The molecule has 1 heterocycles. The van der Waals surface area contributed by atoms with E-state index in [0.29, 0.717) is 5.56 Å². The number of aromatic nitrogens is 1. The molecule has 0 saturated heterocycles. The van der Waals surface area contributed by atoms with Crippen LogP contribution in [0.3, 0.4) is 0 Å². The van der Waals surface area contributed by atoms with E-state index in [4.69, 9.17) is 4.74 Å². The van der Waals surface area contributed by atoms with Gasteiger partial charge in [0.15, 0.2) is 0 Å². The number of benzene rings is 2. The van der Waals surface area contributed by atoms with Gasteiger partial charge in [-0.3, -0.25) is 9.36 Å². The smallest absolute Gasteiger partial charge is 0.262 e. The Kier molecular flexibility index (Phi) is 6.12. The molecule has 3 nitrogen and oxygen atoms in total. The minimum absolute atomic E-state index is 0.0218. The van der Waals surface area contributed by atoms with Crippen LogP contribution < -0.4 is 4.74 Å². The zero-order valence-corrected chi connectivity index (χ0v) is 16.4. The van der Waals surface area contributed by atoms with E-state index >= 15 is 0 Å². The molecule has 3 aromatic rings. The van der Waals surface area contributed by atoms with Gasteiger partial charge in [-0.25, -0.2) is 0 Å². The van der Waals surface area contributed by atoms with Crippen LogP contribution in [0.25, 0.3) is 16.5 Å². The third kappa shape index (κ3) is 3.82. The van der Waals surface area contributed by atoms with Crippen molar-refractivity contribution in [3.8, 4) is 5.75 Å². The summed E-state index contributed by atoms with van der Waals surface area (Å²) in [6, 6.07) is 15.3. The molecule has 2 aromatic carbocycles. The Balaban J connectivity index is 2.23. The molecule has 0 aliphatic carbocycles. The standard InChI is InChI=1S/C24H27NO2/c1-4-6-12-18(11-5-2)20-17-25(24(26)19-13-8-7-9-14-19)21-15-10-16-22(27-3)23(20)21/h7-10,12-17H,4-6,11H2,1-3H3/b18-12+. The predicted octanol–water partition coefficient (Wildman–Crippen LogP) is 6.32. The maximum Gasteiger partial charge on any atom is 0.262 e. The minimum Gasteiger partial charge on any atom is -0.496 e. The lowest BCUT2D eigenvalue weighted by Gasteiger charge is -2.08. The van der Waals surface area contributed by atoms with Crippen molar-refractivity contribution in [3.05, 3.63) is 71.9 Å². The van der Waals surface area contributed by atoms with E-state index in [1.54, 1.807) is 11.7 Å². The van der Waals surface area contributed by atoms with Crippen molar-refractivity contribution < 1.29 is 9.53 Å². The average molecular weight is 361 g/mol. The predicted molar refractivity (Wildman–Crippen MR) is 112 cm³/mol. The van der Waals surface area contributed by atoms with E-state index in [1.165, 1.54) is 5.57 Å². The van der Waals surface area contributed by atoms with E-state index in [2.05, 4.69) is 19.9 Å². The molecule has 0 aliphatic rings. The fourth-order valence-corrected chi connectivity index (χ4v) is 3.49. The molecule has 0 spiro atoms. The molecule has 3 heteroatoms. The second-order valence-corrected chi connectivity index (χ2v) is 6.71. The van der Waals surface area contributed by atoms with Gasteiger partial charge in [-0.15, -0.1) is 0 Å². The highest BCUT2D eigenvalue weighted by Gasteiger charge is 2.19. The van der Waals surface area contributed by atoms with E-state index in [9.17, 15) is 4.79 Å². The van der Waals surface area contributed by atoms with Crippen molar-refractivity contribution in [2.24, 2.45) is 0 Å². The van der Waals surface area contributed by atoms with Crippen LogP contribution in [0.4, 0.5) is 0 Å². The van der Waals surface area contributed by atoms with Crippen molar-refractivity contribution >= 4 is 22.4 Å². The summed E-state index contributed by atoms with van der Waals surface area (Å²) in [4.78, 5) is 13.2. The number of hydrogen-bond donors (Lipinski definition) is 0. The fourth-order valence-electron chi connectivity index (χ4n) is 3.49. The number of nitrogens with zero attached hydrogens (tertiary/aromatic N) is 1. The highest BCUT2D eigenvalue weighted by molar-refractivity contribution is 6.07. The van der Waals surface area contributed by atoms with Gasteiger partial charge in [-0.1, -0.05) is 57.0 Å². The molecule has 3 rings (SSSR count). The van der Waals surface area contributed by atoms with Crippen LogP contribution in [0, 0.1) is 0 Å². The van der Waals surface area contributed by atoms with Gasteiger partial charge in [0.2, 0.25) is 0 Å². The number of rotatable bonds is 7. The van der Waals surface area contributed by atoms with E-state index in [0.717, 1.165) is 47.9 Å². The number of hydrogen-bond acceptors (Lipinski definition) is 2. The first-order chi connectivity index (χ1) is 13.2. The normalized spacial score (nSPS) is 11.7. The van der Waals surface area contributed by atoms with Crippen molar-refractivity contribution in [1.29, 1.82) is 0 Å². The van der Waals surface area contributed by atoms with Crippen molar-refractivity contribution in [1.82, 2.24) is 4.57 Å². The van der Waals surface area contributed by atoms with E-state index in [-0.39, 0.29) is 5.91 Å². The molecule has 0 radical (unpaired) electrons. The lowest BCUT2D eigenvalue weighted by atomic mass is 9.99. The van der Waals surface area contributed by atoms with E-state index in [1.807, 2.05) is 54.7 Å². The summed E-state index contributed by atoms with van der Waals surface area (Å²) < 4.78 is 7.41. The number of ether oxygens (including phenoxy) is 1. The largest absolute Gasteiger partial charge is 0.496 e. The zero-order chi connectivity index (χ0) is 19.2. The maximum atomic E-state index is 13.2. The Morgan fingerprint density at radius 2 is 1.81 bits per heavy atom. The summed E-state index contributed by atoms with van der Waals surface area (Å²) in [6.45, 7) is 4.37. The maximum absolute atomic E-state index is 13.2. The van der Waals surface area contributed by atoms with Gasteiger partial charge < -0.3 is 4.74 Å². The van der Waals surface area contributed by atoms with Crippen molar-refractivity contribution in [3.63, 3.8) is 0 Å².